The lowest BCUT2D eigenvalue weighted by Gasteiger charge is -2.36. The molecular formula is C12H18ClN5O3. The molecule has 9 heteroatoms. The molecule has 1 aliphatic rings. The summed E-state index contributed by atoms with van der Waals surface area (Å²) >= 11 is 5.84. The molecule has 1 aromatic rings. The molecule has 2 rings (SSSR count). The van der Waals surface area contributed by atoms with Gasteiger partial charge in [-0.15, -0.1) is 10.2 Å². The largest absolute Gasteiger partial charge is 0.480 e. The van der Waals surface area contributed by atoms with Crippen molar-refractivity contribution in [2.24, 2.45) is 0 Å². The maximum Gasteiger partial charge on any atom is 0.329 e. The molecule has 1 fully saturated rings. The predicted molar refractivity (Wildman–Crippen MR) is 78.6 cm³/mol. The second-order valence-corrected chi connectivity index (χ2v) is 5.10. The first-order valence-corrected chi connectivity index (χ1v) is 6.99. The molecule has 116 valence electrons. The van der Waals surface area contributed by atoms with Crippen LogP contribution >= 0.6 is 11.6 Å². The molecule has 0 aromatic carbocycles. The lowest BCUT2D eigenvalue weighted by atomic mass is 10.2. The van der Waals surface area contributed by atoms with E-state index in [9.17, 15) is 4.79 Å². The van der Waals surface area contributed by atoms with Crippen molar-refractivity contribution in [3.8, 4) is 0 Å². The smallest absolute Gasteiger partial charge is 0.329 e. The molecular weight excluding hydrogens is 298 g/mol. The molecule has 1 saturated heterocycles. The van der Waals surface area contributed by atoms with Gasteiger partial charge in [0.2, 0.25) is 0 Å². The van der Waals surface area contributed by atoms with E-state index in [0.29, 0.717) is 24.1 Å². The molecule has 0 bridgehead atoms. The van der Waals surface area contributed by atoms with Gasteiger partial charge < -0.3 is 20.5 Å². The van der Waals surface area contributed by atoms with Crippen molar-refractivity contribution < 1.29 is 14.6 Å². The summed E-state index contributed by atoms with van der Waals surface area (Å²) in [6.07, 6.45) is 0. The fraction of sp³-hybridized carbons (Fsp3) is 0.583. The molecule has 2 heterocycles. The van der Waals surface area contributed by atoms with Gasteiger partial charge in [-0.3, -0.25) is 4.90 Å². The van der Waals surface area contributed by atoms with Crippen molar-refractivity contribution in [1.29, 1.82) is 0 Å². The second-order valence-electron chi connectivity index (χ2n) is 4.71. The standard InChI is InChI=1S/C12H18ClN5O3/c13-10-7-9(12(14)16-15-10)18-3-1-17(2-4-18)5-6-21-8-11(19)20/h7H,1-6,8H2,(H2,14,16)(H,19,20). The van der Waals surface area contributed by atoms with Crippen LogP contribution in [0.3, 0.4) is 0 Å². The van der Waals surface area contributed by atoms with E-state index in [4.69, 9.17) is 27.2 Å². The minimum absolute atomic E-state index is 0.252. The first-order valence-electron chi connectivity index (χ1n) is 6.62. The zero-order chi connectivity index (χ0) is 15.2. The third-order valence-corrected chi connectivity index (χ3v) is 3.45. The summed E-state index contributed by atoms with van der Waals surface area (Å²) in [5.41, 5.74) is 6.62. The van der Waals surface area contributed by atoms with Gasteiger partial charge in [0.15, 0.2) is 11.0 Å². The van der Waals surface area contributed by atoms with Gasteiger partial charge in [-0.25, -0.2) is 4.79 Å². The molecule has 0 atom stereocenters. The average molecular weight is 316 g/mol. The van der Waals surface area contributed by atoms with Crippen LogP contribution < -0.4 is 10.6 Å². The quantitative estimate of drug-likeness (QED) is 0.703. The Balaban J connectivity index is 1.78. The van der Waals surface area contributed by atoms with Gasteiger partial charge >= 0.3 is 5.97 Å². The Morgan fingerprint density at radius 1 is 1.38 bits per heavy atom. The summed E-state index contributed by atoms with van der Waals surface area (Å²) in [6, 6.07) is 1.72. The molecule has 0 saturated carbocycles. The number of aliphatic carboxylic acids is 1. The number of piperazine rings is 1. The van der Waals surface area contributed by atoms with Crippen LogP contribution in [0.15, 0.2) is 6.07 Å². The zero-order valence-corrected chi connectivity index (χ0v) is 12.3. The molecule has 8 nitrogen and oxygen atoms in total. The normalized spacial score (nSPS) is 16.1. The van der Waals surface area contributed by atoms with E-state index in [0.717, 1.165) is 31.9 Å². The number of nitrogen functional groups attached to an aromatic ring is 1. The molecule has 0 amide bonds. The highest BCUT2D eigenvalue weighted by Crippen LogP contribution is 2.24. The SMILES string of the molecule is Nc1nnc(Cl)cc1N1CCN(CCOCC(=O)O)CC1. The zero-order valence-electron chi connectivity index (χ0n) is 11.5. The lowest BCUT2D eigenvalue weighted by Crippen LogP contribution is -2.47. The number of carbonyl (C=O) groups is 1. The number of anilines is 2. The summed E-state index contributed by atoms with van der Waals surface area (Å²) in [6.45, 7) is 4.16. The van der Waals surface area contributed by atoms with Gasteiger partial charge in [-0.2, -0.15) is 0 Å². The van der Waals surface area contributed by atoms with Crippen LogP contribution in [-0.4, -0.2) is 72.1 Å². The summed E-state index contributed by atoms with van der Waals surface area (Å²) in [5, 5.41) is 16.3. The highest BCUT2D eigenvalue weighted by Gasteiger charge is 2.19. The topological polar surface area (TPSA) is 105 Å². The fourth-order valence-corrected chi connectivity index (χ4v) is 2.33. The lowest BCUT2D eigenvalue weighted by molar-refractivity contribution is -0.142. The molecule has 0 radical (unpaired) electrons. The maximum absolute atomic E-state index is 10.3. The second kappa shape index (κ2) is 7.39. The number of hydrogen-bond acceptors (Lipinski definition) is 7. The van der Waals surface area contributed by atoms with Gasteiger partial charge in [0, 0.05) is 38.8 Å². The molecule has 21 heavy (non-hydrogen) atoms. The Bertz CT molecular complexity index is 494. The Kier molecular flexibility index (Phi) is 5.54. The minimum Gasteiger partial charge on any atom is -0.480 e. The minimum atomic E-state index is -0.947. The number of nitrogens with two attached hydrogens (primary N) is 1. The van der Waals surface area contributed by atoms with Crippen molar-refractivity contribution in [3.05, 3.63) is 11.2 Å². The Hall–Kier alpha value is -1.64. The number of hydrogen-bond donors (Lipinski definition) is 2. The average Bonchev–Trinajstić information content (AvgIpc) is 2.47. The molecule has 0 aliphatic carbocycles. The van der Waals surface area contributed by atoms with Gasteiger partial charge in [0.05, 0.1) is 12.3 Å². The van der Waals surface area contributed by atoms with Gasteiger partial charge in [-0.05, 0) is 0 Å². The van der Waals surface area contributed by atoms with Crippen LogP contribution in [0.25, 0.3) is 0 Å². The highest BCUT2D eigenvalue weighted by molar-refractivity contribution is 6.29. The molecule has 1 aliphatic heterocycles. The predicted octanol–water partition coefficient (Wildman–Crippen LogP) is -0.0646. The van der Waals surface area contributed by atoms with Gasteiger partial charge in [0.1, 0.15) is 6.61 Å². The van der Waals surface area contributed by atoms with E-state index in [1.807, 2.05) is 0 Å². The van der Waals surface area contributed by atoms with E-state index in [1.165, 1.54) is 0 Å². The summed E-state index contributed by atoms with van der Waals surface area (Å²) < 4.78 is 5.03. The number of carboxylic acid groups (broad SMARTS) is 1. The van der Waals surface area contributed by atoms with Crippen molar-refractivity contribution in [1.82, 2.24) is 15.1 Å². The first kappa shape index (κ1) is 15.7. The molecule has 3 N–H and O–H groups in total. The van der Waals surface area contributed by atoms with E-state index in [-0.39, 0.29) is 6.61 Å². The number of nitrogens with zero attached hydrogens (tertiary/aromatic N) is 4. The Morgan fingerprint density at radius 2 is 2.10 bits per heavy atom. The number of carboxylic acids is 1. The van der Waals surface area contributed by atoms with Crippen LogP contribution in [-0.2, 0) is 9.53 Å². The van der Waals surface area contributed by atoms with E-state index >= 15 is 0 Å². The summed E-state index contributed by atoms with van der Waals surface area (Å²) in [5.74, 6) is -0.574. The highest BCUT2D eigenvalue weighted by atomic mass is 35.5. The molecule has 1 aromatic heterocycles. The monoisotopic (exact) mass is 315 g/mol. The van der Waals surface area contributed by atoms with Gasteiger partial charge in [0.25, 0.3) is 0 Å². The van der Waals surface area contributed by atoms with Crippen molar-refractivity contribution >= 4 is 29.1 Å². The summed E-state index contributed by atoms with van der Waals surface area (Å²) in [4.78, 5) is 14.7. The first-order chi connectivity index (χ1) is 10.1. The third-order valence-electron chi connectivity index (χ3n) is 3.26. The number of halogens is 1. The van der Waals surface area contributed by atoms with Crippen LogP contribution in [0.2, 0.25) is 5.15 Å². The molecule has 0 spiro atoms. The number of aromatic nitrogens is 2. The number of ether oxygens (including phenoxy) is 1. The van der Waals surface area contributed by atoms with Crippen LogP contribution in [0, 0.1) is 0 Å². The summed E-state index contributed by atoms with van der Waals surface area (Å²) in [7, 11) is 0. The van der Waals surface area contributed by atoms with Crippen LogP contribution in [0.5, 0.6) is 0 Å². The van der Waals surface area contributed by atoms with Crippen molar-refractivity contribution in [2.75, 3.05) is 56.6 Å². The molecule has 0 unspecified atom stereocenters. The van der Waals surface area contributed by atoms with E-state index in [2.05, 4.69) is 20.0 Å². The van der Waals surface area contributed by atoms with Crippen molar-refractivity contribution in [3.63, 3.8) is 0 Å². The van der Waals surface area contributed by atoms with Crippen LogP contribution in [0.4, 0.5) is 11.5 Å². The Morgan fingerprint density at radius 3 is 2.76 bits per heavy atom. The number of rotatable bonds is 6. The maximum atomic E-state index is 10.3. The third kappa shape index (κ3) is 4.69. The van der Waals surface area contributed by atoms with Crippen LogP contribution in [0.1, 0.15) is 0 Å². The van der Waals surface area contributed by atoms with Gasteiger partial charge in [-0.1, -0.05) is 11.6 Å². The van der Waals surface area contributed by atoms with E-state index in [1.54, 1.807) is 6.07 Å². The van der Waals surface area contributed by atoms with Crippen molar-refractivity contribution in [2.45, 2.75) is 0 Å². The van der Waals surface area contributed by atoms with E-state index < -0.39 is 5.97 Å². The fourth-order valence-electron chi connectivity index (χ4n) is 2.19. The Labute approximate surface area is 127 Å².